The first-order valence-corrected chi connectivity index (χ1v) is 28.7. The second-order valence-electron chi connectivity index (χ2n) is 21.3. The number of aliphatic hydroxyl groups excluding tert-OH is 1. The number of aryl methyl sites for hydroxylation is 2. The SMILES string of the molecule is Cc1ncsc1-c1ccc([C@]2(C)N=C([C@@H]3C[C@@H](O)CN3C(=O)[C@H](c3cc(OCCN4CC[C@H](NC(=O)c5cc6c(cc5CS(C)(=O)=O)-c5cn(C)c(=O)c7[nH]cc(c57)CN6c5ncc(F)cc5F)C4)no3)C(C)C)NC2=O)cc1. The third-order valence-corrected chi connectivity index (χ3v) is 17.1. The van der Waals surface area contributed by atoms with Crippen LogP contribution in [-0.2, 0) is 44.3 Å². The third-order valence-electron chi connectivity index (χ3n) is 15.3. The Kier molecular flexibility index (Phi) is 13.9. The van der Waals surface area contributed by atoms with E-state index in [1.165, 1.54) is 26.9 Å². The van der Waals surface area contributed by atoms with Gasteiger partial charge in [0.2, 0.25) is 5.91 Å². The normalized spacial score (nSPS) is 20.7. The molecule has 7 aromatic rings. The summed E-state index contributed by atoms with van der Waals surface area (Å²) in [5.74, 6) is -4.19. The number of carbonyl (C=O) groups excluding carboxylic acids is 3. The van der Waals surface area contributed by atoms with E-state index >= 15 is 4.39 Å². The number of aliphatic hydroxyl groups is 1. The predicted octanol–water partition coefficient (Wildman–Crippen LogP) is 5.85. The van der Waals surface area contributed by atoms with Crippen molar-refractivity contribution in [3.05, 3.63) is 128 Å². The van der Waals surface area contributed by atoms with Crippen LogP contribution in [0.4, 0.5) is 20.3 Å². The number of pyridine rings is 2. The largest absolute Gasteiger partial charge is 0.474 e. The summed E-state index contributed by atoms with van der Waals surface area (Å²) >= 11 is 1.54. The average molecular weight is 1120 g/mol. The number of ether oxygens (including phenoxy) is 1. The van der Waals surface area contributed by atoms with Crippen molar-refractivity contribution in [2.45, 2.75) is 82.5 Å². The van der Waals surface area contributed by atoms with Gasteiger partial charge in [-0.25, -0.2) is 32.2 Å². The van der Waals surface area contributed by atoms with Gasteiger partial charge in [0, 0.05) is 98.5 Å². The van der Waals surface area contributed by atoms with Gasteiger partial charge in [0.25, 0.3) is 23.3 Å². The number of likely N-dealkylation sites (tertiary alicyclic amines) is 2. The number of sulfone groups is 1. The summed E-state index contributed by atoms with van der Waals surface area (Å²) in [7, 11) is -2.15. The number of β-amino-alcohol motifs (C(OH)–C–C–N with tert-alkyl or cyclic N) is 1. The zero-order valence-corrected chi connectivity index (χ0v) is 45.7. The molecule has 79 heavy (non-hydrogen) atoms. The Balaban J connectivity index is 0.760. The number of aliphatic imine (C=N–C) groups is 1. The molecule has 0 unspecified atom stereocenters. The summed E-state index contributed by atoms with van der Waals surface area (Å²) < 4.78 is 69.0. The molecule has 0 aliphatic carbocycles. The smallest absolute Gasteiger partial charge is 0.274 e. The molecule has 4 N–H and O–H groups in total. The zero-order chi connectivity index (χ0) is 55.8. The molecule has 412 valence electrons. The fourth-order valence-electron chi connectivity index (χ4n) is 11.3. The van der Waals surface area contributed by atoms with Gasteiger partial charge >= 0.3 is 0 Å². The summed E-state index contributed by atoms with van der Waals surface area (Å²) in [5.41, 5.74) is 5.11. The Hall–Kier alpha value is -7.67. The van der Waals surface area contributed by atoms with Gasteiger partial charge < -0.3 is 44.4 Å². The Bertz CT molecular complexity index is 3800. The average Bonchev–Trinajstić information content (AvgIpc) is 4.32. The first kappa shape index (κ1) is 53.3. The van der Waals surface area contributed by atoms with Gasteiger partial charge in [-0.3, -0.25) is 24.1 Å². The lowest BCUT2D eigenvalue weighted by Gasteiger charge is -2.29. The minimum absolute atomic E-state index is 0.0244. The van der Waals surface area contributed by atoms with Crippen LogP contribution in [0.2, 0.25) is 0 Å². The molecule has 4 aliphatic heterocycles. The lowest BCUT2D eigenvalue weighted by atomic mass is 9.91. The van der Waals surface area contributed by atoms with E-state index in [9.17, 15) is 37.1 Å². The maximum atomic E-state index is 15.7. The predicted molar refractivity (Wildman–Crippen MR) is 291 cm³/mol. The van der Waals surface area contributed by atoms with E-state index in [1.54, 1.807) is 48.9 Å². The maximum Gasteiger partial charge on any atom is 0.274 e. The van der Waals surface area contributed by atoms with Gasteiger partial charge in [0.1, 0.15) is 29.7 Å². The number of nitrogens with zero attached hydrogens (tertiary/aromatic N) is 8. The van der Waals surface area contributed by atoms with Crippen molar-refractivity contribution in [3.63, 3.8) is 0 Å². The molecule has 0 bridgehead atoms. The molecule has 20 nitrogen and oxygen atoms in total. The molecule has 2 saturated heterocycles. The topological polar surface area (TPSA) is 251 Å². The van der Waals surface area contributed by atoms with Crippen LogP contribution in [0.25, 0.3) is 32.5 Å². The van der Waals surface area contributed by atoms with Crippen molar-refractivity contribution < 1.29 is 45.9 Å². The summed E-state index contributed by atoms with van der Waals surface area (Å²) in [4.78, 5) is 78.4. The number of anilines is 2. The fraction of sp³-hybridized carbons (Fsp3) is 0.382. The van der Waals surface area contributed by atoms with Gasteiger partial charge in [-0.1, -0.05) is 38.1 Å². The Morgan fingerprint density at radius 2 is 1.86 bits per heavy atom. The number of fused-ring (bicyclic) bond motifs is 2. The molecular weight excluding hydrogens is 1060 g/mol. The molecule has 24 heteroatoms. The van der Waals surface area contributed by atoms with Crippen molar-refractivity contribution in [1.82, 2.24) is 45.1 Å². The Morgan fingerprint density at radius 3 is 2.58 bits per heavy atom. The lowest BCUT2D eigenvalue weighted by Crippen LogP contribution is -2.48. The van der Waals surface area contributed by atoms with Gasteiger partial charge in [0.15, 0.2) is 32.8 Å². The van der Waals surface area contributed by atoms with E-state index < -0.39 is 56.7 Å². The van der Waals surface area contributed by atoms with Crippen LogP contribution in [0.3, 0.4) is 0 Å². The van der Waals surface area contributed by atoms with Crippen molar-refractivity contribution in [2.24, 2.45) is 18.0 Å². The number of amides is 3. The summed E-state index contributed by atoms with van der Waals surface area (Å²) in [5, 5.41) is 21.6. The number of thiazole rings is 1. The Labute approximate surface area is 456 Å². The zero-order valence-electron chi connectivity index (χ0n) is 44.0. The second kappa shape index (κ2) is 20.5. The number of benzene rings is 2. The molecule has 2 aromatic carbocycles. The third kappa shape index (κ3) is 10.1. The van der Waals surface area contributed by atoms with Crippen LogP contribution in [0.15, 0.2) is 86.9 Å². The Morgan fingerprint density at radius 1 is 1.08 bits per heavy atom. The number of halogens is 2. The molecule has 4 aliphatic rings. The molecule has 9 heterocycles. The van der Waals surface area contributed by atoms with Gasteiger partial charge in [0.05, 0.1) is 52.4 Å². The first-order chi connectivity index (χ1) is 37.6. The number of hydrogen-bond acceptors (Lipinski definition) is 16. The van der Waals surface area contributed by atoms with Crippen molar-refractivity contribution >= 4 is 67.1 Å². The number of amidine groups is 1. The number of aromatic amines is 1. The highest BCUT2D eigenvalue weighted by Crippen LogP contribution is 2.45. The second-order valence-corrected chi connectivity index (χ2v) is 24.3. The van der Waals surface area contributed by atoms with Crippen LogP contribution < -0.4 is 25.8 Å². The molecule has 0 spiro atoms. The maximum absolute atomic E-state index is 15.7. The number of carbonyl (C=O) groups is 3. The lowest BCUT2D eigenvalue weighted by molar-refractivity contribution is -0.134. The summed E-state index contributed by atoms with van der Waals surface area (Å²) in [6.07, 6.45) is 5.05. The van der Waals surface area contributed by atoms with Crippen molar-refractivity contribution in [2.75, 3.05) is 43.9 Å². The molecule has 11 rings (SSSR count). The van der Waals surface area contributed by atoms with E-state index in [0.29, 0.717) is 71.3 Å². The molecule has 5 aromatic heterocycles. The van der Waals surface area contributed by atoms with Crippen LogP contribution in [0, 0.1) is 24.5 Å². The van der Waals surface area contributed by atoms with Crippen LogP contribution >= 0.6 is 11.3 Å². The highest BCUT2D eigenvalue weighted by molar-refractivity contribution is 7.89. The quantitative estimate of drug-likeness (QED) is 0.0941. The van der Waals surface area contributed by atoms with E-state index in [-0.39, 0.29) is 89.6 Å². The van der Waals surface area contributed by atoms with E-state index in [4.69, 9.17) is 14.3 Å². The fourth-order valence-corrected chi connectivity index (χ4v) is 13.0. The number of rotatable bonds is 15. The number of hydrogen-bond donors (Lipinski definition) is 4. The van der Waals surface area contributed by atoms with Crippen LogP contribution in [0.5, 0.6) is 5.88 Å². The summed E-state index contributed by atoms with van der Waals surface area (Å²) in [6, 6.07) is 11.9. The molecule has 0 radical (unpaired) electrons. The molecule has 0 saturated carbocycles. The summed E-state index contributed by atoms with van der Waals surface area (Å²) in [6.45, 7) is 9.03. The molecule has 3 amide bonds. The highest BCUT2D eigenvalue weighted by atomic mass is 32.2. The van der Waals surface area contributed by atoms with Gasteiger partial charge in [-0.2, -0.15) is 0 Å². The van der Waals surface area contributed by atoms with Crippen LogP contribution in [0.1, 0.15) is 78.0 Å². The van der Waals surface area contributed by atoms with Gasteiger partial charge in [-0.15, -0.1) is 11.3 Å². The number of nitrogens with one attached hydrogen (secondary N) is 3. The van der Waals surface area contributed by atoms with Gasteiger partial charge in [-0.05, 0) is 65.7 Å². The van der Waals surface area contributed by atoms with E-state index in [2.05, 4.69) is 35.6 Å². The minimum Gasteiger partial charge on any atom is -0.474 e. The minimum atomic E-state index is -3.72. The van der Waals surface area contributed by atoms with Crippen molar-refractivity contribution in [1.29, 1.82) is 0 Å². The van der Waals surface area contributed by atoms with E-state index in [1.807, 2.05) is 45.0 Å². The monoisotopic (exact) mass is 1120 g/mol. The van der Waals surface area contributed by atoms with E-state index in [0.717, 1.165) is 28.6 Å². The highest BCUT2D eigenvalue weighted by Gasteiger charge is 2.48. The molecule has 5 atom stereocenters. The number of H-pyrrole nitrogens is 1. The van der Waals surface area contributed by atoms with Crippen LogP contribution in [-0.4, -0.2) is 129 Å². The number of aromatic nitrogens is 5. The molecule has 2 fully saturated rings. The van der Waals surface area contributed by atoms with Crippen molar-refractivity contribution in [3.8, 4) is 27.4 Å². The first-order valence-electron chi connectivity index (χ1n) is 25.8. The molecular formula is C55H57F2N11O9S2. The standard InChI is InChI=1S/C55H57F2N11O9S2/c1-28(2)45(52(71)68-24-36(69)17-42(68)49-62-54(73)55(4,63-49)33-9-7-30(8-10-33)48-29(3)60-27-78-48)43-19-44(64-77-43)76-14-13-66-12-11-35(23-66)61-51(70)37-18-41-38(15-31(37)26-79(6,74)75)39-25-65(5)53(72)47-46(39)32(20-58-47)22-67(41)50-40(57)16-34(56)21-59-50/h7-10,15-16,18-21,25,27-28,35-36,42,45,58,69H,11-14,17,22-24,26H2,1-6H3,(H,61,70)(H,62,63,73)/t35-,36+,42-,45-,55-/m0/s1.